The zero-order valence-electron chi connectivity index (χ0n) is 13.0. The van der Waals surface area contributed by atoms with Crippen molar-refractivity contribution < 1.29 is 0 Å². The monoisotopic (exact) mass is 283 g/mol. The maximum Gasteiger partial charge on any atom is 0.145 e. The van der Waals surface area contributed by atoms with Gasteiger partial charge in [0.2, 0.25) is 0 Å². The first-order valence-corrected chi connectivity index (χ1v) is 8.11. The molecule has 2 fully saturated rings. The molecular weight excluding hydrogens is 258 g/mol. The zero-order chi connectivity index (χ0) is 14.9. The minimum Gasteiger partial charge on any atom is -0.297 e. The van der Waals surface area contributed by atoms with Crippen LogP contribution in [0.25, 0.3) is 0 Å². The molecule has 1 aromatic carbocycles. The first-order chi connectivity index (χ1) is 10.1. The average molecular weight is 283 g/mol. The number of benzene rings is 1. The second kappa shape index (κ2) is 5.79. The molecule has 1 saturated heterocycles. The average Bonchev–Trinajstić information content (AvgIpc) is 3.24. The molecule has 1 saturated carbocycles. The molecule has 3 heteroatoms. The van der Waals surface area contributed by atoms with E-state index in [-0.39, 0.29) is 0 Å². The number of rotatable bonds is 5. The summed E-state index contributed by atoms with van der Waals surface area (Å²) in [6.45, 7) is 6.48. The van der Waals surface area contributed by atoms with E-state index in [1.807, 2.05) is 18.2 Å². The van der Waals surface area contributed by atoms with Gasteiger partial charge in [-0.2, -0.15) is 5.26 Å². The lowest BCUT2D eigenvalue weighted by Gasteiger charge is -2.34. The normalized spacial score (nSPS) is 29.0. The lowest BCUT2D eigenvalue weighted by atomic mass is 9.90. The van der Waals surface area contributed by atoms with E-state index < -0.39 is 5.54 Å². The van der Waals surface area contributed by atoms with Crippen molar-refractivity contribution in [3.8, 4) is 6.07 Å². The van der Waals surface area contributed by atoms with Crippen molar-refractivity contribution in [1.29, 1.82) is 5.26 Å². The molecule has 3 rings (SSSR count). The highest BCUT2D eigenvalue weighted by molar-refractivity contribution is 5.33. The molecule has 1 N–H and O–H groups in total. The van der Waals surface area contributed by atoms with Crippen molar-refractivity contribution in [2.24, 2.45) is 5.92 Å². The van der Waals surface area contributed by atoms with E-state index in [0.29, 0.717) is 12.1 Å². The van der Waals surface area contributed by atoms with Crippen LogP contribution in [0.2, 0.25) is 0 Å². The number of hydrogen-bond donors (Lipinski definition) is 1. The largest absolute Gasteiger partial charge is 0.297 e. The number of nitrogens with zero attached hydrogens (tertiary/aromatic N) is 2. The van der Waals surface area contributed by atoms with Gasteiger partial charge in [0.1, 0.15) is 5.54 Å². The quantitative estimate of drug-likeness (QED) is 0.903. The smallest absolute Gasteiger partial charge is 0.145 e. The third-order valence-corrected chi connectivity index (χ3v) is 4.84. The van der Waals surface area contributed by atoms with Crippen molar-refractivity contribution in [1.82, 2.24) is 10.2 Å². The Morgan fingerprint density at radius 1 is 1.29 bits per heavy atom. The van der Waals surface area contributed by atoms with E-state index in [4.69, 9.17) is 0 Å². The molecule has 0 amide bonds. The van der Waals surface area contributed by atoms with Crippen LogP contribution in [-0.4, -0.2) is 30.1 Å². The van der Waals surface area contributed by atoms with E-state index in [9.17, 15) is 5.26 Å². The summed E-state index contributed by atoms with van der Waals surface area (Å²) in [6, 6.07) is 14.0. The van der Waals surface area contributed by atoms with Crippen LogP contribution in [0.1, 0.15) is 38.7 Å². The SMILES string of the molecule is CC1CC(C)N(CC(C#N)(NC2CC2)c2ccccc2)C1. The van der Waals surface area contributed by atoms with Crippen molar-refractivity contribution in [2.75, 3.05) is 13.1 Å². The molecule has 21 heavy (non-hydrogen) atoms. The van der Waals surface area contributed by atoms with E-state index >= 15 is 0 Å². The Labute approximate surface area is 128 Å². The maximum atomic E-state index is 9.98. The van der Waals surface area contributed by atoms with Crippen LogP contribution in [-0.2, 0) is 5.54 Å². The zero-order valence-corrected chi connectivity index (χ0v) is 13.0. The van der Waals surface area contributed by atoms with Crippen LogP contribution < -0.4 is 5.32 Å². The molecule has 1 heterocycles. The fourth-order valence-corrected chi connectivity index (χ4v) is 3.56. The standard InChI is InChI=1S/C18H25N3/c1-14-10-15(2)21(11-14)13-18(12-19,20-17-8-9-17)16-6-4-3-5-7-16/h3-7,14-15,17,20H,8-11,13H2,1-2H3. The lowest BCUT2D eigenvalue weighted by molar-refractivity contribution is 0.202. The Kier molecular flexibility index (Phi) is 4.01. The molecule has 0 bridgehead atoms. The molecule has 2 aliphatic rings. The fourth-order valence-electron chi connectivity index (χ4n) is 3.56. The van der Waals surface area contributed by atoms with E-state index in [2.05, 4.69) is 42.3 Å². The molecule has 0 spiro atoms. The summed E-state index contributed by atoms with van der Waals surface area (Å²) in [7, 11) is 0. The number of likely N-dealkylation sites (tertiary alicyclic amines) is 1. The molecule has 112 valence electrons. The Bertz CT molecular complexity index is 517. The highest BCUT2D eigenvalue weighted by Crippen LogP contribution is 2.32. The third kappa shape index (κ3) is 3.12. The van der Waals surface area contributed by atoms with Gasteiger partial charge in [-0.3, -0.25) is 10.2 Å². The van der Waals surface area contributed by atoms with Gasteiger partial charge in [-0.15, -0.1) is 0 Å². The number of nitrogens with one attached hydrogen (secondary N) is 1. The van der Waals surface area contributed by atoms with Gasteiger partial charge < -0.3 is 0 Å². The van der Waals surface area contributed by atoms with Crippen LogP contribution in [0.5, 0.6) is 0 Å². The second-order valence-corrected chi connectivity index (χ2v) is 6.92. The second-order valence-electron chi connectivity index (χ2n) is 6.92. The molecule has 1 aliphatic heterocycles. The highest BCUT2D eigenvalue weighted by atomic mass is 15.2. The summed E-state index contributed by atoms with van der Waals surface area (Å²) >= 11 is 0. The maximum absolute atomic E-state index is 9.98. The Hall–Kier alpha value is -1.37. The summed E-state index contributed by atoms with van der Waals surface area (Å²) in [5, 5.41) is 13.6. The van der Waals surface area contributed by atoms with Crippen LogP contribution in [0.4, 0.5) is 0 Å². The minimum absolute atomic E-state index is 0.514. The van der Waals surface area contributed by atoms with Crippen LogP contribution in [0.3, 0.4) is 0 Å². The summed E-state index contributed by atoms with van der Waals surface area (Å²) < 4.78 is 0. The molecule has 0 aromatic heterocycles. The Morgan fingerprint density at radius 3 is 2.52 bits per heavy atom. The number of hydrogen-bond acceptors (Lipinski definition) is 3. The van der Waals surface area contributed by atoms with Gasteiger partial charge >= 0.3 is 0 Å². The minimum atomic E-state index is -0.569. The van der Waals surface area contributed by atoms with Gasteiger partial charge in [0.05, 0.1) is 6.07 Å². The summed E-state index contributed by atoms with van der Waals surface area (Å²) in [4.78, 5) is 2.48. The Morgan fingerprint density at radius 2 is 2.00 bits per heavy atom. The van der Waals surface area contributed by atoms with Gasteiger partial charge in [-0.25, -0.2) is 0 Å². The first kappa shape index (κ1) is 14.6. The number of nitriles is 1. The van der Waals surface area contributed by atoms with Crippen molar-refractivity contribution in [3.05, 3.63) is 35.9 Å². The predicted molar refractivity (Wildman–Crippen MR) is 84.7 cm³/mol. The fraction of sp³-hybridized carbons (Fsp3) is 0.611. The van der Waals surface area contributed by atoms with Gasteiger partial charge in [-0.05, 0) is 37.7 Å². The molecule has 0 radical (unpaired) electrons. The predicted octanol–water partition coefficient (Wildman–Crippen LogP) is 2.89. The van der Waals surface area contributed by atoms with Crippen molar-refractivity contribution >= 4 is 0 Å². The molecule has 3 nitrogen and oxygen atoms in total. The van der Waals surface area contributed by atoms with Gasteiger partial charge in [0.25, 0.3) is 0 Å². The Balaban J connectivity index is 1.86. The van der Waals surface area contributed by atoms with Gasteiger partial charge in [0.15, 0.2) is 0 Å². The van der Waals surface area contributed by atoms with Crippen LogP contribution in [0.15, 0.2) is 30.3 Å². The van der Waals surface area contributed by atoms with Gasteiger partial charge in [0, 0.05) is 25.2 Å². The molecule has 1 aliphatic carbocycles. The lowest BCUT2D eigenvalue weighted by Crippen LogP contribution is -2.51. The molecule has 3 atom stereocenters. The van der Waals surface area contributed by atoms with E-state index in [1.165, 1.54) is 19.3 Å². The van der Waals surface area contributed by atoms with E-state index in [0.717, 1.165) is 24.6 Å². The van der Waals surface area contributed by atoms with Crippen LogP contribution >= 0.6 is 0 Å². The summed E-state index contributed by atoms with van der Waals surface area (Å²) in [5.41, 5.74) is 0.534. The molecular formula is C18H25N3. The van der Waals surface area contributed by atoms with Crippen molar-refractivity contribution in [2.45, 2.75) is 50.7 Å². The summed E-state index contributed by atoms with van der Waals surface area (Å²) in [6.07, 6.45) is 3.63. The highest BCUT2D eigenvalue weighted by Gasteiger charge is 2.41. The third-order valence-electron chi connectivity index (χ3n) is 4.84. The first-order valence-electron chi connectivity index (χ1n) is 8.11. The topological polar surface area (TPSA) is 39.1 Å². The van der Waals surface area contributed by atoms with Gasteiger partial charge in [-0.1, -0.05) is 37.3 Å². The molecule has 1 aromatic rings. The summed E-state index contributed by atoms with van der Waals surface area (Å²) in [5.74, 6) is 0.730. The van der Waals surface area contributed by atoms with Crippen LogP contribution in [0, 0.1) is 17.2 Å². The van der Waals surface area contributed by atoms with Crippen molar-refractivity contribution in [3.63, 3.8) is 0 Å². The van der Waals surface area contributed by atoms with E-state index in [1.54, 1.807) is 0 Å². The molecule has 3 unspecified atom stereocenters.